The van der Waals surface area contributed by atoms with E-state index in [1.54, 1.807) is 19.6 Å². The van der Waals surface area contributed by atoms with Crippen molar-refractivity contribution in [2.45, 2.75) is 20.4 Å². The first-order valence-electron chi connectivity index (χ1n) is 8.75. The predicted molar refractivity (Wildman–Crippen MR) is 94.6 cm³/mol. The van der Waals surface area contributed by atoms with Crippen LogP contribution in [0.15, 0.2) is 18.6 Å². The van der Waals surface area contributed by atoms with Crippen LogP contribution >= 0.6 is 0 Å². The Morgan fingerprint density at radius 2 is 1.84 bits per heavy atom. The Bertz CT molecular complexity index is 753. The topological polar surface area (TPSA) is 67.3 Å². The van der Waals surface area contributed by atoms with Crippen LogP contribution in [0.4, 0.5) is 5.82 Å². The molecule has 4 heterocycles. The summed E-state index contributed by atoms with van der Waals surface area (Å²) in [6.07, 6.45) is 3.45. The van der Waals surface area contributed by atoms with Gasteiger partial charge < -0.3 is 9.64 Å². The van der Waals surface area contributed by atoms with E-state index >= 15 is 0 Å². The summed E-state index contributed by atoms with van der Waals surface area (Å²) in [7, 11) is 1.60. The van der Waals surface area contributed by atoms with Gasteiger partial charge in [0, 0.05) is 50.2 Å². The van der Waals surface area contributed by atoms with Gasteiger partial charge in [0.2, 0.25) is 0 Å². The standard InChI is InChI=1S/C18H24N6O/c1-12-13(2)20-11-21-17(12)24-8-14-6-23(7-15(14)9-24)10-16-4-5-19-18(22-16)25-3/h4-5,11,14-15H,6-10H2,1-3H3. The minimum atomic E-state index is 0.442. The van der Waals surface area contributed by atoms with E-state index in [1.807, 2.05) is 6.07 Å². The van der Waals surface area contributed by atoms with Gasteiger partial charge in [-0.25, -0.2) is 15.0 Å². The Labute approximate surface area is 148 Å². The number of fused-ring (bicyclic) bond motifs is 1. The van der Waals surface area contributed by atoms with Gasteiger partial charge in [0.25, 0.3) is 0 Å². The fourth-order valence-corrected chi connectivity index (χ4v) is 4.03. The van der Waals surface area contributed by atoms with Crippen LogP contribution in [0.3, 0.4) is 0 Å². The minimum absolute atomic E-state index is 0.442. The zero-order valence-corrected chi connectivity index (χ0v) is 15.0. The zero-order valence-electron chi connectivity index (χ0n) is 15.0. The zero-order chi connectivity index (χ0) is 17.4. The molecule has 25 heavy (non-hydrogen) atoms. The van der Waals surface area contributed by atoms with Crippen LogP contribution in [-0.2, 0) is 6.54 Å². The van der Waals surface area contributed by atoms with Crippen molar-refractivity contribution in [1.29, 1.82) is 0 Å². The molecule has 2 atom stereocenters. The summed E-state index contributed by atoms with van der Waals surface area (Å²) in [5.74, 6) is 2.49. The molecule has 2 saturated heterocycles. The van der Waals surface area contributed by atoms with Gasteiger partial charge in [-0.1, -0.05) is 0 Å². The fourth-order valence-electron chi connectivity index (χ4n) is 4.03. The van der Waals surface area contributed by atoms with Gasteiger partial charge in [-0.05, 0) is 31.7 Å². The number of rotatable bonds is 4. The molecule has 0 bridgehead atoms. The number of aromatic nitrogens is 4. The Balaban J connectivity index is 1.40. The van der Waals surface area contributed by atoms with Gasteiger partial charge in [-0.3, -0.25) is 4.90 Å². The Hall–Kier alpha value is -2.28. The Morgan fingerprint density at radius 1 is 1.08 bits per heavy atom. The molecule has 2 aliphatic rings. The third-order valence-corrected chi connectivity index (χ3v) is 5.43. The summed E-state index contributed by atoms with van der Waals surface area (Å²) >= 11 is 0. The first kappa shape index (κ1) is 16.2. The van der Waals surface area contributed by atoms with Crippen LogP contribution in [-0.4, -0.2) is 58.1 Å². The predicted octanol–water partition coefficient (Wildman–Crippen LogP) is 1.46. The molecule has 4 rings (SSSR count). The van der Waals surface area contributed by atoms with Crippen LogP contribution in [0.2, 0.25) is 0 Å². The quantitative estimate of drug-likeness (QED) is 0.835. The van der Waals surface area contributed by atoms with E-state index in [2.05, 4.69) is 43.6 Å². The summed E-state index contributed by atoms with van der Waals surface area (Å²) in [6, 6.07) is 2.41. The molecule has 0 aromatic carbocycles. The highest BCUT2D eigenvalue weighted by Crippen LogP contribution is 2.35. The lowest BCUT2D eigenvalue weighted by molar-refractivity contribution is 0.301. The summed E-state index contributed by atoms with van der Waals surface area (Å²) in [4.78, 5) is 22.2. The molecule has 0 radical (unpaired) electrons. The van der Waals surface area contributed by atoms with Crippen molar-refractivity contribution in [2.75, 3.05) is 38.2 Å². The molecule has 2 fully saturated rings. The van der Waals surface area contributed by atoms with Gasteiger partial charge >= 0.3 is 6.01 Å². The average molecular weight is 340 g/mol. The summed E-state index contributed by atoms with van der Waals surface area (Å²) < 4.78 is 5.12. The van der Waals surface area contributed by atoms with Crippen molar-refractivity contribution in [3.63, 3.8) is 0 Å². The molecule has 0 amide bonds. The fraction of sp³-hybridized carbons (Fsp3) is 0.556. The first-order valence-corrected chi connectivity index (χ1v) is 8.75. The second-order valence-corrected chi connectivity index (χ2v) is 7.06. The number of hydrogen-bond donors (Lipinski definition) is 0. The maximum absolute atomic E-state index is 5.12. The number of ether oxygens (including phenoxy) is 1. The molecular weight excluding hydrogens is 316 g/mol. The molecule has 2 aliphatic heterocycles. The van der Waals surface area contributed by atoms with Crippen LogP contribution < -0.4 is 9.64 Å². The molecule has 0 saturated carbocycles. The number of methoxy groups -OCH3 is 1. The van der Waals surface area contributed by atoms with Crippen LogP contribution in [0.25, 0.3) is 0 Å². The van der Waals surface area contributed by atoms with Gasteiger partial charge in [0.15, 0.2) is 0 Å². The van der Waals surface area contributed by atoms with Gasteiger partial charge in [0.05, 0.1) is 12.8 Å². The third kappa shape index (κ3) is 3.16. The highest BCUT2D eigenvalue weighted by molar-refractivity contribution is 5.48. The van der Waals surface area contributed by atoms with Gasteiger partial charge in [-0.2, -0.15) is 4.98 Å². The van der Waals surface area contributed by atoms with Crippen LogP contribution in [0.5, 0.6) is 6.01 Å². The number of nitrogens with zero attached hydrogens (tertiary/aromatic N) is 6. The van der Waals surface area contributed by atoms with Crippen LogP contribution in [0, 0.1) is 25.7 Å². The highest BCUT2D eigenvalue weighted by atomic mass is 16.5. The van der Waals surface area contributed by atoms with Crippen molar-refractivity contribution in [2.24, 2.45) is 11.8 Å². The van der Waals surface area contributed by atoms with E-state index < -0.39 is 0 Å². The lowest BCUT2D eigenvalue weighted by Gasteiger charge is -2.23. The molecule has 2 aromatic rings. The monoisotopic (exact) mass is 340 g/mol. The lowest BCUT2D eigenvalue weighted by Crippen LogP contribution is -2.29. The van der Waals surface area contributed by atoms with E-state index in [0.717, 1.165) is 49.9 Å². The van der Waals surface area contributed by atoms with Crippen LogP contribution in [0.1, 0.15) is 17.0 Å². The number of anilines is 1. The van der Waals surface area contributed by atoms with Crippen molar-refractivity contribution in [3.8, 4) is 6.01 Å². The Kier molecular flexibility index (Phi) is 4.25. The maximum Gasteiger partial charge on any atom is 0.316 e. The average Bonchev–Trinajstić information content (AvgIpc) is 3.16. The SMILES string of the molecule is COc1nccc(CN2CC3CN(c4ncnc(C)c4C)CC3C2)n1. The van der Waals surface area contributed by atoms with E-state index in [1.165, 1.54) is 5.56 Å². The maximum atomic E-state index is 5.12. The second-order valence-electron chi connectivity index (χ2n) is 7.06. The van der Waals surface area contributed by atoms with E-state index in [-0.39, 0.29) is 0 Å². The van der Waals surface area contributed by atoms with Crippen molar-refractivity contribution < 1.29 is 4.74 Å². The highest BCUT2D eigenvalue weighted by Gasteiger charge is 2.40. The van der Waals surface area contributed by atoms with E-state index in [9.17, 15) is 0 Å². The number of aryl methyl sites for hydroxylation is 1. The molecule has 0 aliphatic carbocycles. The smallest absolute Gasteiger partial charge is 0.316 e. The normalized spacial score (nSPS) is 23.1. The largest absolute Gasteiger partial charge is 0.467 e. The van der Waals surface area contributed by atoms with E-state index in [0.29, 0.717) is 17.8 Å². The number of hydrogen-bond acceptors (Lipinski definition) is 7. The lowest BCUT2D eigenvalue weighted by atomic mass is 10.0. The molecule has 2 aromatic heterocycles. The summed E-state index contributed by atoms with van der Waals surface area (Å²) in [5, 5.41) is 0. The first-order chi connectivity index (χ1) is 12.1. The van der Waals surface area contributed by atoms with Gasteiger partial charge in [-0.15, -0.1) is 0 Å². The molecule has 7 nitrogen and oxygen atoms in total. The van der Waals surface area contributed by atoms with Gasteiger partial charge in [0.1, 0.15) is 12.1 Å². The molecule has 132 valence electrons. The van der Waals surface area contributed by atoms with Crippen molar-refractivity contribution in [3.05, 3.63) is 35.5 Å². The second kappa shape index (κ2) is 6.55. The number of likely N-dealkylation sites (tertiary alicyclic amines) is 1. The van der Waals surface area contributed by atoms with Crippen molar-refractivity contribution in [1.82, 2.24) is 24.8 Å². The third-order valence-electron chi connectivity index (χ3n) is 5.43. The molecule has 7 heteroatoms. The van der Waals surface area contributed by atoms with E-state index in [4.69, 9.17) is 4.74 Å². The van der Waals surface area contributed by atoms with Crippen molar-refractivity contribution >= 4 is 5.82 Å². The summed E-state index contributed by atoms with van der Waals surface area (Å²) in [5.41, 5.74) is 3.29. The molecule has 0 N–H and O–H groups in total. The minimum Gasteiger partial charge on any atom is -0.467 e. The molecule has 0 spiro atoms. The molecular formula is C18H24N6O. The summed E-state index contributed by atoms with van der Waals surface area (Å²) in [6.45, 7) is 9.39. The molecule has 2 unspecified atom stereocenters. The Morgan fingerprint density at radius 3 is 2.56 bits per heavy atom.